The molecule has 10 nitrogen and oxygen atoms in total. The second-order valence-electron chi connectivity index (χ2n) is 13.2. The molecule has 0 saturated carbocycles. The molecule has 1 spiro atoms. The van der Waals surface area contributed by atoms with E-state index in [1.54, 1.807) is 25.3 Å². The highest BCUT2D eigenvalue weighted by atomic mass is 35.5. The Balaban J connectivity index is 1.39. The van der Waals surface area contributed by atoms with Crippen LogP contribution in [0, 0.1) is 5.92 Å². The Hall–Kier alpha value is -3.80. The van der Waals surface area contributed by atoms with Crippen molar-refractivity contribution in [2.45, 2.75) is 69.8 Å². The first kappa shape index (κ1) is 35.0. The van der Waals surface area contributed by atoms with Gasteiger partial charge in [-0.1, -0.05) is 43.2 Å². The Kier molecular flexibility index (Phi) is 11.0. The summed E-state index contributed by atoms with van der Waals surface area (Å²) >= 11 is 6.44. The van der Waals surface area contributed by atoms with Crippen LogP contribution in [0.5, 0.6) is 5.75 Å². The van der Waals surface area contributed by atoms with E-state index in [0.29, 0.717) is 37.7 Å². The van der Waals surface area contributed by atoms with Gasteiger partial charge in [-0.3, -0.25) is 14.3 Å². The fourth-order valence-corrected chi connectivity index (χ4v) is 9.03. The molecular formula is C37H44ClN5O5S. The number of carbonyl (C=O) groups excluding carboxylic acids is 2. The fraction of sp³-hybridized carbons (Fsp3) is 0.459. The molecule has 3 heterocycles. The number of allylic oxidation sites excluding steroid dienone is 1. The molecule has 0 saturated heterocycles. The average Bonchev–Trinajstić information content (AvgIpc) is 3.23. The van der Waals surface area contributed by atoms with Gasteiger partial charge in [-0.05, 0) is 92.0 Å². The summed E-state index contributed by atoms with van der Waals surface area (Å²) in [5.74, 6) is 0.0503. The molecule has 6 rings (SSSR count). The number of nitrogens with zero attached hydrogens (tertiary/aromatic N) is 4. The predicted molar refractivity (Wildman–Crippen MR) is 191 cm³/mol. The zero-order chi connectivity index (χ0) is 34.4. The monoisotopic (exact) mass is 705 g/mol. The number of benzene rings is 2. The van der Waals surface area contributed by atoms with Crippen LogP contribution in [0.25, 0.3) is 0 Å². The lowest BCUT2D eigenvalue weighted by Gasteiger charge is -2.41. The highest BCUT2D eigenvalue weighted by Gasteiger charge is 2.42. The maximum absolute atomic E-state index is 14.2. The third-order valence-electron chi connectivity index (χ3n) is 9.79. The van der Waals surface area contributed by atoms with Crippen molar-refractivity contribution < 1.29 is 23.3 Å². The Bertz CT molecular complexity index is 1830. The summed E-state index contributed by atoms with van der Waals surface area (Å²) in [6, 6.07) is 13.1. The van der Waals surface area contributed by atoms with Crippen molar-refractivity contribution in [3.8, 4) is 5.75 Å². The Labute approximate surface area is 294 Å². The van der Waals surface area contributed by atoms with Gasteiger partial charge in [0.1, 0.15) is 21.5 Å². The third kappa shape index (κ3) is 8.33. The largest absolute Gasteiger partial charge is 0.490 e. The molecule has 2 aromatic carbocycles. The quantitative estimate of drug-likeness (QED) is 0.309. The Morgan fingerprint density at radius 2 is 2.02 bits per heavy atom. The van der Waals surface area contributed by atoms with Crippen LogP contribution in [0.1, 0.15) is 72.8 Å². The highest BCUT2D eigenvalue weighted by molar-refractivity contribution is 7.92. The first-order valence-electron chi connectivity index (χ1n) is 17.0. The number of aryl methyl sites for hydroxylation is 1. The second kappa shape index (κ2) is 15.4. The number of halogens is 1. The lowest BCUT2D eigenvalue weighted by Crippen LogP contribution is -2.47. The maximum Gasteiger partial charge on any atom is 0.286 e. The van der Waals surface area contributed by atoms with E-state index in [4.69, 9.17) is 21.1 Å². The lowest BCUT2D eigenvalue weighted by atomic mass is 9.70. The van der Waals surface area contributed by atoms with Gasteiger partial charge in [-0.2, -0.15) is 0 Å². The molecule has 49 heavy (non-hydrogen) atoms. The number of nitrogens with one attached hydrogen (secondary N) is 1. The lowest BCUT2D eigenvalue weighted by molar-refractivity contribution is -0.118. The van der Waals surface area contributed by atoms with Gasteiger partial charge in [0.15, 0.2) is 0 Å². The molecule has 3 aliphatic rings. The molecule has 0 radical (unpaired) electrons. The van der Waals surface area contributed by atoms with Crippen LogP contribution in [0.15, 0.2) is 71.4 Å². The third-order valence-corrected chi connectivity index (χ3v) is 11.9. The van der Waals surface area contributed by atoms with E-state index in [2.05, 4.69) is 49.1 Å². The molecule has 2 bridgehead atoms. The van der Waals surface area contributed by atoms with Crippen molar-refractivity contribution in [1.29, 1.82) is 0 Å². The zero-order valence-electron chi connectivity index (χ0n) is 28.1. The number of anilines is 1. The van der Waals surface area contributed by atoms with E-state index < -0.39 is 21.7 Å². The van der Waals surface area contributed by atoms with Gasteiger partial charge >= 0.3 is 0 Å². The number of amides is 2. The van der Waals surface area contributed by atoms with Crippen molar-refractivity contribution in [1.82, 2.24) is 14.7 Å². The van der Waals surface area contributed by atoms with Gasteiger partial charge in [-0.15, -0.1) is 4.36 Å². The standard InChI is InChI=1S/C37H44ClN5O5S/c1-3-26-19-30(47-2)10-5-4-6-18-49(46,41-35(44)22-34-39-16-8-17-40-34)42-36(45)28-11-14-33-32(21-28)43(23-26)24-37(25-48-33)15-7-9-27-20-29(38)12-13-31(27)37/h5,8,10-14,16-17,20-21,26,30H,3-4,6-7,9,15,18-19,22-25H2,1-2H3,(H,41,42,44,45,46)/b10-5+/t26-,30+,37+,49?/m1/s1. The SMILES string of the molecule is CC[C@@H]1C[C@@H](OC)/C=C/CCCS(=O)(NC(=O)Cc2ncccn2)=NC(=O)c2ccc3c(c2)N(C1)C[C@@]1(CCCc2cc(Cl)ccc21)CO3. The molecule has 0 fully saturated rings. The maximum atomic E-state index is 14.2. The smallest absolute Gasteiger partial charge is 0.286 e. The number of hydrogen-bond acceptors (Lipinski definition) is 8. The van der Waals surface area contributed by atoms with Gasteiger partial charge in [0.2, 0.25) is 5.91 Å². The van der Waals surface area contributed by atoms with Crippen LogP contribution in [-0.2, 0) is 37.7 Å². The Morgan fingerprint density at radius 1 is 1.18 bits per heavy atom. The molecule has 2 aliphatic heterocycles. The van der Waals surface area contributed by atoms with Gasteiger partial charge in [-0.25, -0.2) is 14.2 Å². The van der Waals surface area contributed by atoms with E-state index in [1.165, 1.54) is 23.5 Å². The first-order chi connectivity index (χ1) is 23.7. The number of hydrogen-bond donors (Lipinski definition) is 1. The molecular weight excluding hydrogens is 662 g/mol. The number of methoxy groups -OCH3 is 1. The number of carbonyl (C=O) groups is 2. The number of aromatic nitrogens is 2. The second-order valence-corrected chi connectivity index (χ2v) is 15.8. The van der Waals surface area contributed by atoms with Gasteiger partial charge in [0.25, 0.3) is 5.91 Å². The predicted octanol–water partition coefficient (Wildman–Crippen LogP) is 6.27. The van der Waals surface area contributed by atoms with Crippen LogP contribution in [0.4, 0.5) is 5.69 Å². The minimum absolute atomic E-state index is 0.00578. The van der Waals surface area contributed by atoms with Crippen molar-refractivity contribution >= 4 is 39.0 Å². The topological polar surface area (TPSA) is 123 Å². The van der Waals surface area contributed by atoms with Crippen LogP contribution < -0.4 is 14.4 Å². The molecule has 3 aromatic rings. The summed E-state index contributed by atoms with van der Waals surface area (Å²) in [4.78, 5) is 37.3. The summed E-state index contributed by atoms with van der Waals surface area (Å²) in [7, 11) is -1.74. The highest BCUT2D eigenvalue weighted by Crippen LogP contribution is 2.45. The van der Waals surface area contributed by atoms with Gasteiger partial charge < -0.3 is 14.4 Å². The summed E-state index contributed by atoms with van der Waals surface area (Å²) in [5, 5.41) is 0.733. The van der Waals surface area contributed by atoms with Crippen LogP contribution in [-0.4, -0.2) is 64.7 Å². The van der Waals surface area contributed by atoms with E-state index in [0.717, 1.165) is 49.4 Å². The minimum Gasteiger partial charge on any atom is -0.490 e. The van der Waals surface area contributed by atoms with E-state index in [-0.39, 0.29) is 35.1 Å². The molecule has 12 heteroatoms. The molecule has 1 unspecified atom stereocenters. The van der Waals surface area contributed by atoms with Gasteiger partial charge in [0.05, 0.1) is 30.6 Å². The van der Waals surface area contributed by atoms with Crippen LogP contribution >= 0.6 is 11.6 Å². The van der Waals surface area contributed by atoms with Crippen LogP contribution in [0.3, 0.4) is 0 Å². The fourth-order valence-electron chi connectivity index (χ4n) is 7.24. The molecule has 1 aromatic heterocycles. The molecule has 2 amide bonds. The number of rotatable bonds is 5. The normalized spacial score (nSPS) is 26.5. The number of ether oxygens (including phenoxy) is 2. The molecule has 260 valence electrons. The zero-order valence-corrected chi connectivity index (χ0v) is 29.7. The summed E-state index contributed by atoms with van der Waals surface area (Å²) in [5.41, 5.74) is 3.32. The van der Waals surface area contributed by atoms with Crippen LogP contribution in [0.2, 0.25) is 5.02 Å². The summed E-state index contributed by atoms with van der Waals surface area (Å²) in [6.07, 6.45) is 12.6. The van der Waals surface area contributed by atoms with Crippen molar-refractivity contribution in [3.05, 3.63) is 94.5 Å². The van der Waals surface area contributed by atoms with Crippen molar-refractivity contribution in [3.63, 3.8) is 0 Å². The first-order valence-corrected chi connectivity index (χ1v) is 19.1. The summed E-state index contributed by atoms with van der Waals surface area (Å²) < 4.78 is 33.4. The van der Waals surface area contributed by atoms with E-state index >= 15 is 0 Å². The minimum atomic E-state index is -3.47. The summed E-state index contributed by atoms with van der Waals surface area (Å²) in [6.45, 7) is 4.13. The molecule has 1 N–H and O–H groups in total. The number of fused-ring (bicyclic) bond motifs is 3. The van der Waals surface area contributed by atoms with Gasteiger partial charge in [0, 0.05) is 48.6 Å². The van der Waals surface area contributed by atoms with E-state index in [9.17, 15) is 13.8 Å². The van der Waals surface area contributed by atoms with Crippen molar-refractivity contribution in [2.24, 2.45) is 10.3 Å². The average molecular weight is 706 g/mol. The van der Waals surface area contributed by atoms with E-state index in [1.807, 2.05) is 18.2 Å². The Morgan fingerprint density at radius 3 is 2.82 bits per heavy atom. The van der Waals surface area contributed by atoms with Crippen molar-refractivity contribution in [2.75, 3.05) is 37.5 Å². The molecule has 4 atom stereocenters. The molecule has 1 aliphatic carbocycles.